The molecule has 0 aliphatic heterocycles. The van der Waals surface area contributed by atoms with Crippen molar-refractivity contribution < 1.29 is 22.8 Å². The summed E-state index contributed by atoms with van der Waals surface area (Å²) in [5, 5.41) is 1.80. The third-order valence-corrected chi connectivity index (χ3v) is 2.87. The van der Waals surface area contributed by atoms with Crippen LogP contribution >= 0.6 is 11.6 Å². The zero-order chi connectivity index (χ0) is 16.2. The average Bonchev–Trinajstić information content (AvgIpc) is 2.38. The van der Waals surface area contributed by atoms with Crippen LogP contribution in [0.5, 0.6) is 0 Å². The monoisotopic (exact) mass is 323 g/mol. The topological polar surface area (TPSA) is 75.4 Å². The SMILES string of the molecule is CN(CC(=O)Nc1ccc(Cl)c(C(F)(F)F)c1)C(=O)CN. The van der Waals surface area contributed by atoms with Gasteiger partial charge in [-0.25, -0.2) is 0 Å². The number of carbonyl (C=O) groups is 2. The fourth-order valence-electron chi connectivity index (χ4n) is 1.48. The maximum Gasteiger partial charge on any atom is 0.417 e. The Hall–Kier alpha value is -1.80. The van der Waals surface area contributed by atoms with Crippen molar-refractivity contribution in [3.8, 4) is 0 Å². The number of alkyl halides is 3. The quantitative estimate of drug-likeness (QED) is 0.886. The third kappa shape index (κ3) is 4.91. The van der Waals surface area contributed by atoms with Crippen molar-refractivity contribution in [3.63, 3.8) is 0 Å². The molecular formula is C12H13ClF3N3O2. The van der Waals surface area contributed by atoms with Crippen LogP contribution in [0, 0.1) is 0 Å². The van der Waals surface area contributed by atoms with Crippen LogP contribution in [0.2, 0.25) is 5.02 Å². The maximum atomic E-state index is 12.7. The van der Waals surface area contributed by atoms with E-state index in [0.717, 1.165) is 17.0 Å². The number of nitrogens with one attached hydrogen (secondary N) is 1. The number of likely N-dealkylation sites (N-methyl/N-ethyl adjacent to an activating group) is 1. The van der Waals surface area contributed by atoms with Crippen LogP contribution in [0.25, 0.3) is 0 Å². The van der Waals surface area contributed by atoms with Gasteiger partial charge in [0, 0.05) is 12.7 Å². The molecule has 0 fully saturated rings. The van der Waals surface area contributed by atoms with E-state index in [1.807, 2.05) is 0 Å². The highest BCUT2D eigenvalue weighted by Gasteiger charge is 2.33. The van der Waals surface area contributed by atoms with Gasteiger partial charge in [0.05, 0.1) is 23.7 Å². The van der Waals surface area contributed by atoms with Crippen molar-refractivity contribution in [1.82, 2.24) is 4.90 Å². The average molecular weight is 324 g/mol. The van der Waals surface area contributed by atoms with Crippen molar-refractivity contribution in [2.45, 2.75) is 6.18 Å². The normalized spacial score (nSPS) is 11.1. The predicted octanol–water partition coefficient (Wildman–Crippen LogP) is 1.71. The molecule has 0 bridgehead atoms. The first-order valence-corrected chi connectivity index (χ1v) is 6.13. The Balaban J connectivity index is 2.80. The molecule has 0 spiro atoms. The van der Waals surface area contributed by atoms with Crippen molar-refractivity contribution >= 4 is 29.1 Å². The van der Waals surface area contributed by atoms with Crippen LogP contribution in [0.1, 0.15) is 5.56 Å². The van der Waals surface area contributed by atoms with Gasteiger partial charge in [0.1, 0.15) is 0 Å². The van der Waals surface area contributed by atoms with Gasteiger partial charge in [-0.1, -0.05) is 11.6 Å². The molecule has 0 unspecified atom stereocenters. The third-order valence-electron chi connectivity index (χ3n) is 2.54. The van der Waals surface area contributed by atoms with Crippen LogP contribution in [0.4, 0.5) is 18.9 Å². The number of carbonyl (C=O) groups excluding carboxylic acids is 2. The highest BCUT2D eigenvalue weighted by molar-refractivity contribution is 6.31. The van der Waals surface area contributed by atoms with Crippen molar-refractivity contribution in [2.75, 3.05) is 25.5 Å². The lowest BCUT2D eigenvalue weighted by Gasteiger charge is -2.16. The van der Waals surface area contributed by atoms with Gasteiger partial charge in [0.25, 0.3) is 0 Å². The lowest BCUT2D eigenvalue weighted by molar-refractivity contribution is -0.137. The minimum Gasteiger partial charge on any atom is -0.335 e. The molecule has 1 aromatic carbocycles. The summed E-state index contributed by atoms with van der Waals surface area (Å²) >= 11 is 5.46. The molecule has 0 heterocycles. The molecule has 0 radical (unpaired) electrons. The van der Waals surface area contributed by atoms with E-state index in [4.69, 9.17) is 17.3 Å². The number of nitrogens with zero attached hydrogens (tertiary/aromatic N) is 1. The molecule has 1 aromatic rings. The summed E-state index contributed by atoms with van der Waals surface area (Å²) < 4.78 is 38.0. The predicted molar refractivity (Wildman–Crippen MR) is 71.8 cm³/mol. The minimum atomic E-state index is -4.62. The number of nitrogens with two attached hydrogens (primary N) is 1. The maximum absolute atomic E-state index is 12.7. The minimum absolute atomic E-state index is 0.0645. The summed E-state index contributed by atoms with van der Waals surface area (Å²) in [4.78, 5) is 23.9. The van der Waals surface area contributed by atoms with Gasteiger partial charge in [0.2, 0.25) is 11.8 Å². The molecule has 2 amide bonds. The largest absolute Gasteiger partial charge is 0.417 e. The fraction of sp³-hybridized carbons (Fsp3) is 0.333. The Bertz CT molecular complexity index is 549. The van der Waals surface area contributed by atoms with E-state index in [2.05, 4.69) is 5.32 Å². The summed E-state index contributed by atoms with van der Waals surface area (Å²) in [5.74, 6) is -1.10. The Morgan fingerprint density at radius 1 is 1.38 bits per heavy atom. The van der Waals surface area contributed by atoms with E-state index in [-0.39, 0.29) is 18.8 Å². The Kier molecular flexibility index (Phi) is 5.56. The van der Waals surface area contributed by atoms with Crippen LogP contribution in [0.3, 0.4) is 0 Å². The molecule has 5 nitrogen and oxygen atoms in total. The highest BCUT2D eigenvalue weighted by atomic mass is 35.5. The molecule has 0 aliphatic rings. The summed E-state index contributed by atoms with van der Waals surface area (Å²) in [6, 6.07) is 3.00. The lowest BCUT2D eigenvalue weighted by atomic mass is 10.2. The fourth-order valence-corrected chi connectivity index (χ4v) is 1.70. The molecule has 1 rings (SSSR count). The standard InChI is InChI=1S/C12H13ClF3N3O2/c1-19(11(21)5-17)6-10(20)18-7-2-3-9(13)8(4-7)12(14,15)16/h2-4H,5-6,17H2,1H3,(H,18,20). The van der Waals surface area contributed by atoms with Crippen molar-refractivity contribution in [2.24, 2.45) is 5.73 Å². The number of amides is 2. The smallest absolute Gasteiger partial charge is 0.335 e. The number of hydrogen-bond donors (Lipinski definition) is 2. The number of hydrogen-bond acceptors (Lipinski definition) is 3. The van der Waals surface area contributed by atoms with Crippen molar-refractivity contribution in [1.29, 1.82) is 0 Å². The molecule has 0 saturated carbocycles. The first kappa shape index (κ1) is 17.3. The van der Waals surface area contributed by atoms with Crippen LogP contribution in [-0.4, -0.2) is 36.9 Å². The van der Waals surface area contributed by atoms with E-state index < -0.39 is 28.6 Å². The number of benzene rings is 1. The zero-order valence-electron chi connectivity index (χ0n) is 11.0. The molecular weight excluding hydrogens is 311 g/mol. The van der Waals surface area contributed by atoms with Gasteiger partial charge < -0.3 is 16.0 Å². The van der Waals surface area contributed by atoms with Crippen LogP contribution < -0.4 is 11.1 Å². The highest BCUT2D eigenvalue weighted by Crippen LogP contribution is 2.36. The van der Waals surface area contributed by atoms with Crippen LogP contribution in [-0.2, 0) is 15.8 Å². The molecule has 0 atom stereocenters. The number of halogens is 4. The van der Waals surface area contributed by atoms with Gasteiger partial charge in [-0.2, -0.15) is 13.2 Å². The second-order valence-electron chi connectivity index (χ2n) is 4.19. The molecule has 116 valence electrons. The van der Waals surface area contributed by atoms with E-state index in [9.17, 15) is 22.8 Å². The zero-order valence-corrected chi connectivity index (χ0v) is 11.8. The van der Waals surface area contributed by atoms with Gasteiger partial charge >= 0.3 is 6.18 Å². The van der Waals surface area contributed by atoms with Crippen molar-refractivity contribution in [3.05, 3.63) is 28.8 Å². The van der Waals surface area contributed by atoms with E-state index in [1.165, 1.54) is 13.1 Å². The lowest BCUT2D eigenvalue weighted by Crippen LogP contribution is -2.38. The molecule has 3 N–H and O–H groups in total. The summed E-state index contributed by atoms with van der Waals surface area (Å²) in [6.07, 6.45) is -4.62. The van der Waals surface area contributed by atoms with Gasteiger partial charge in [0.15, 0.2) is 0 Å². The van der Waals surface area contributed by atoms with Crippen LogP contribution in [0.15, 0.2) is 18.2 Å². The first-order chi connectivity index (χ1) is 9.65. The Labute approximate surface area is 123 Å². The molecule has 9 heteroatoms. The summed E-state index contributed by atoms with van der Waals surface area (Å²) in [6.45, 7) is -0.580. The number of rotatable bonds is 4. The second kappa shape index (κ2) is 6.77. The second-order valence-corrected chi connectivity index (χ2v) is 4.60. The summed E-state index contributed by atoms with van der Waals surface area (Å²) in [7, 11) is 1.36. The van der Waals surface area contributed by atoms with E-state index >= 15 is 0 Å². The summed E-state index contributed by atoms with van der Waals surface area (Å²) in [5.41, 5.74) is 4.01. The van der Waals surface area contributed by atoms with Gasteiger partial charge in [-0.3, -0.25) is 9.59 Å². The van der Waals surface area contributed by atoms with E-state index in [0.29, 0.717) is 0 Å². The molecule has 0 aliphatic carbocycles. The van der Waals surface area contributed by atoms with Gasteiger partial charge in [-0.15, -0.1) is 0 Å². The number of anilines is 1. The Morgan fingerprint density at radius 2 is 2.00 bits per heavy atom. The molecule has 0 saturated heterocycles. The Morgan fingerprint density at radius 3 is 2.52 bits per heavy atom. The first-order valence-electron chi connectivity index (χ1n) is 5.75. The molecule has 0 aromatic heterocycles. The molecule has 21 heavy (non-hydrogen) atoms. The van der Waals surface area contributed by atoms with E-state index in [1.54, 1.807) is 0 Å². The van der Waals surface area contributed by atoms with Gasteiger partial charge in [-0.05, 0) is 18.2 Å².